The summed E-state index contributed by atoms with van der Waals surface area (Å²) in [6.07, 6.45) is 4.79. The van der Waals surface area contributed by atoms with E-state index in [-0.39, 0.29) is 24.5 Å². The number of ether oxygens (including phenoxy) is 3. The lowest BCUT2D eigenvalue weighted by Gasteiger charge is -2.38. The summed E-state index contributed by atoms with van der Waals surface area (Å²) in [7, 11) is 1.57. The lowest BCUT2D eigenvalue weighted by Crippen LogP contribution is -2.39. The number of benzene rings is 3. The van der Waals surface area contributed by atoms with Crippen LogP contribution in [0.3, 0.4) is 0 Å². The van der Waals surface area contributed by atoms with E-state index < -0.39 is 0 Å². The molecule has 7 nitrogen and oxygen atoms in total. The van der Waals surface area contributed by atoms with E-state index >= 15 is 0 Å². The van der Waals surface area contributed by atoms with Crippen molar-refractivity contribution in [1.82, 2.24) is 10.2 Å². The minimum atomic E-state index is -0.334. The predicted octanol–water partition coefficient (Wildman–Crippen LogP) is 4.16. The highest BCUT2D eigenvalue weighted by atomic mass is 16.5. The Morgan fingerprint density at radius 2 is 1.95 bits per heavy atom. The van der Waals surface area contributed by atoms with Crippen LogP contribution in [0.4, 0.5) is 0 Å². The molecule has 3 heterocycles. The number of carbonyl (C=O) groups excluding carboxylic acids is 2. The molecule has 0 fully saturated rings. The second kappa shape index (κ2) is 11.2. The third-order valence-corrected chi connectivity index (χ3v) is 6.60. The summed E-state index contributed by atoms with van der Waals surface area (Å²) >= 11 is 0. The van der Waals surface area contributed by atoms with Crippen molar-refractivity contribution in [3.63, 3.8) is 0 Å². The Morgan fingerprint density at radius 3 is 2.78 bits per heavy atom. The molecule has 0 radical (unpaired) electrons. The fourth-order valence-electron chi connectivity index (χ4n) is 4.78. The van der Waals surface area contributed by atoms with E-state index in [9.17, 15) is 9.59 Å². The maximum absolute atomic E-state index is 13.5. The first kappa shape index (κ1) is 24.4. The minimum Gasteiger partial charge on any atom is -0.494 e. The molecular formula is C30H30N2O5. The molecule has 6 bridgehead atoms. The smallest absolute Gasteiger partial charge is 0.257 e. The van der Waals surface area contributed by atoms with E-state index in [0.29, 0.717) is 44.0 Å². The van der Waals surface area contributed by atoms with Crippen LogP contribution in [-0.2, 0) is 16.0 Å². The molecule has 0 saturated carbocycles. The number of hydrogen-bond acceptors (Lipinski definition) is 5. The van der Waals surface area contributed by atoms with E-state index in [1.165, 1.54) is 0 Å². The summed E-state index contributed by atoms with van der Waals surface area (Å²) < 4.78 is 17.5. The van der Waals surface area contributed by atoms with Crippen molar-refractivity contribution in [2.45, 2.75) is 18.9 Å². The molecule has 0 aliphatic carbocycles. The number of fused-ring (bicyclic) bond motifs is 8. The van der Waals surface area contributed by atoms with E-state index in [1.807, 2.05) is 77.7 Å². The standard InChI is InChI=1S/C30H30N2O5/c1-35-26-19-25-22-13-15-32(29(34)12-11-21-7-3-2-4-8-21)30(25)23-9-5-10-24(17-23)36-16-6-14-31-28(33)20-37-27(26)18-22/h2-5,7-12,17-19,30H,6,13-16,20H2,1H3,(H,31,33)/b12-11+. The second-order valence-corrected chi connectivity index (χ2v) is 9.04. The Labute approximate surface area is 216 Å². The van der Waals surface area contributed by atoms with Crippen LogP contribution in [0.15, 0.2) is 72.8 Å². The third-order valence-electron chi connectivity index (χ3n) is 6.60. The predicted molar refractivity (Wildman–Crippen MR) is 141 cm³/mol. The molecule has 1 unspecified atom stereocenters. The Kier molecular flexibility index (Phi) is 7.40. The molecule has 1 atom stereocenters. The average molecular weight is 499 g/mol. The van der Waals surface area contributed by atoms with Crippen molar-refractivity contribution in [1.29, 1.82) is 0 Å². The van der Waals surface area contributed by atoms with Gasteiger partial charge in [-0.1, -0.05) is 42.5 Å². The molecule has 37 heavy (non-hydrogen) atoms. The second-order valence-electron chi connectivity index (χ2n) is 9.04. The first-order valence-corrected chi connectivity index (χ1v) is 12.5. The number of hydrogen-bond donors (Lipinski definition) is 1. The zero-order valence-corrected chi connectivity index (χ0v) is 20.8. The normalized spacial score (nSPS) is 17.6. The minimum absolute atomic E-state index is 0.0730. The number of rotatable bonds is 3. The van der Waals surface area contributed by atoms with Gasteiger partial charge in [0.1, 0.15) is 5.75 Å². The van der Waals surface area contributed by atoms with Crippen molar-refractivity contribution in [2.24, 2.45) is 0 Å². The van der Waals surface area contributed by atoms with Crippen LogP contribution in [-0.4, -0.2) is 50.1 Å². The van der Waals surface area contributed by atoms with Gasteiger partial charge in [-0.25, -0.2) is 0 Å². The molecule has 3 aromatic carbocycles. The molecule has 190 valence electrons. The maximum atomic E-state index is 13.5. The van der Waals surface area contributed by atoms with Gasteiger partial charge in [0.05, 0.1) is 19.8 Å². The monoisotopic (exact) mass is 498 g/mol. The van der Waals surface area contributed by atoms with Crippen molar-refractivity contribution < 1.29 is 23.8 Å². The molecule has 2 amide bonds. The van der Waals surface area contributed by atoms with Gasteiger partial charge in [0.25, 0.3) is 5.91 Å². The summed E-state index contributed by atoms with van der Waals surface area (Å²) in [6.45, 7) is 1.38. The van der Waals surface area contributed by atoms with Gasteiger partial charge in [0, 0.05) is 19.2 Å². The zero-order chi connectivity index (χ0) is 25.6. The Bertz CT molecular complexity index is 1300. The summed E-state index contributed by atoms with van der Waals surface area (Å²) in [4.78, 5) is 27.7. The van der Waals surface area contributed by atoms with Crippen LogP contribution in [0.2, 0.25) is 0 Å². The molecule has 0 aromatic heterocycles. The van der Waals surface area contributed by atoms with Crippen LogP contribution in [0, 0.1) is 0 Å². The largest absolute Gasteiger partial charge is 0.494 e. The zero-order valence-electron chi connectivity index (χ0n) is 20.8. The van der Waals surface area contributed by atoms with Crippen LogP contribution >= 0.6 is 0 Å². The first-order valence-electron chi connectivity index (χ1n) is 12.5. The molecule has 3 aromatic rings. The Hall–Kier alpha value is -4.26. The van der Waals surface area contributed by atoms with Crippen molar-refractivity contribution in [3.05, 3.63) is 95.1 Å². The summed E-state index contributed by atoms with van der Waals surface area (Å²) in [5.41, 5.74) is 3.94. The van der Waals surface area contributed by atoms with E-state index in [2.05, 4.69) is 5.32 Å². The van der Waals surface area contributed by atoms with Gasteiger partial charge in [-0.3, -0.25) is 9.59 Å². The van der Waals surface area contributed by atoms with Gasteiger partial charge in [-0.05, 0) is 65.4 Å². The van der Waals surface area contributed by atoms with Crippen LogP contribution < -0.4 is 19.5 Å². The molecule has 7 heteroatoms. The SMILES string of the molecule is COc1cc2c3cc1OCC(=O)NCCCOc1cccc(c1)C2N(C(=O)/C=C/c1ccccc1)CC3. The van der Waals surface area contributed by atoms with Gasteiger partial charge < -0.3 is 24.4 Å². The molecule has 3 aliphatic heterocycles. The molecule has 0 saturated heterocycles. The third kappa shape index (κ3) is 5.61. The van der Waals surface area contributed by atoms with Gasteiger partial charge in [0.15, 0.2) is 18.1 Å². The molecule has 3 aliphatic rings. The molecular weight excluding hydrogens is 468 g/mol. The molecule has 1 N–H and O–H groups in total. The Morgan fingerprint density at radius 1 is 1.08 bits per heavy atom. The Balaban J connectivity index is 1.57. The molecule has 6 rings (SSSR count). The highest BCUT2D eigenvalue weighted by molar-refractivity contribution is 5.92. The van der Waals surface area contributed by atoms with Crippen molar-refractivity contribution in [3.8, 4) is 17.2 Å². The number of amides is 2. The number of carbonyl (C=O) groups is 2. The highest BCUT2D eigenvalue weighted by Gasteiger charge is 2.33. The number of methoxy groups -OCH3 is 1. The lowest BCUT2D eigenvalue weighted by atomic mass is 9.87. The average Bonchev–Trinajstić information content (AvgIpc) is 2.93. The quantitative estimate of drug-likeness (QED) is 0.549. The summed E-state index contributed by atoms with van der Waals surface area (Å²) in [5, 5.41) is 2.85. The molecule has 0 spiro atoms. The highest BCUT2D eigenvalue weighted by Crippen LogP contribution is 2.42. The lowest BCUT2D eigenvalue weighted by molar-refractivity contribution is -0.128. The maximum Gasteiger partial charge on any atom is 0.257 e. The van der Waals surface area contributed by atoms with Crippen LogP contribution in [0.1, 0.15) is 34.7 Å². The number of nitrogens with zero attached hydrogens (tertiary/aromatic N) is 1. The van der Waals surface area contributed by atoms with E-state index in [0.717, 1.165) is 28.0 Å². The van der Waals surface area contributed by atoms with Gasteiger partial charge in [-0.15, -0.1) is 0 Å². The first-order chi connectivity index (χ1) is 18.1. The van der Waals surface area contributed by atoms with E-state index in [1.54, 1.807) is 13.2 Å². The van der Waals surface area contributed by atoms with Gasteiger partial charge in [0.2, 0.25) is 5.91 Å². The van der Waals surface area contributed by atoms with Gasteiger partial charge >= 0.3 is 0 Å². The summed E-state index contributed by atoms with van der Waals surface area (Å²) in [6, 6.07) is 21.2. The van der Waals surface area contributed by atoms with E-state index in [4.69, 9.17) is 14.2 Å². The topological polar surface area (TPSA) is 77.1 Å². The van der Waals surface area contributed by atoms with Crippen molar-refractivity contribution in [2.75, 3.05) is 33.4 Å². The number of nitrogens with one attached hydrogen (secondary N) is 1. The fraction of sp³-hybridized carbons (Fsp3) is 0.267. The fourth-order valence-corrected chi connectivity index (χ4v) is 4.78. The summed E-state index contributed by atoms with van der Waals surface area (Å²) in [5.74, 6) is 1.49. The van der Waals surface area contributed by atoms with Crippen LogP contribution in [0.5, 0.6) is 17.2 Å². The van der Waals surface area contributed by atoms with Gasteiger partial charge in [-0.2, -0.15) is 0 Å². The van der Waals surface area contributed by atoms with Crippen molar-refractivity contribution >= 4 is 17.9 Å². The van der Waals surface area contributed by atoms with Crippen LogP contribution in [0.25, 0.3) is 6.08 Å².